The molecule has 0 heterocycles. The van der Waals surface area contributed by atoms with Crippen LogP contribution in [0.2, 0.25) is 5.02 Å². The molecule has 0 N–H and O–H groups in total. The predicted molar refractivity (Wildman–Crippen MR) is 61.1 cm³/mol. The van der Waals surface area contributed by atoms with E-state index in [4.69, 9.17) is 11.6 Å². The molecular weight excluding hydrogens is 229 g/mol. The van der Waals surface area contributed by atoms with E-state index in [0.717, 1.165) is 12.8 Å². The van der Waals surface area contributed by atoms with Gasteiger partial charge in [0.25, 0.3) is 5.91 Å². The Kier molecular flexibility index (Phi) is 3.15. The Morgan fingerprint density at radius 2 is 2.25 bits per heavy atom. The minimum Gasteiger partial charge on any atom is -0.341 e. The van der Waals surface area contributed by atoms with Crippen LogP contribution in [0.4, 0.5) is 4.39 Å². The molecule has 0 bridgehead atoms. The number of hydrogen-bond acceptors (Lipinski definition) is 1. The summed E-state index contributed by atoms with van der Waals surface area (Å²) in [5.74, 6) is -0.222. The van der Waals surface area contributed by atoms with Gasteiger partial charge in [0.2, 0.25) is 0 Å². The van der Waals surface area contributed by atoms with Crippen LogP contribution in [0.5, 0.6) is 0 Å². The number of nitrogens with zero attached hydrogens (tertiary/aromatic N) is 1. The SMILES string of the molecule is CN(CC1CC1)C(=O)c1cc(Cl)ccc1F. The first-order valence-corrected chi connectivity index (χ1v) is 5.66. The van der Waals surface area contributed by atoms with Crippen molar-refractivity contribution in [2.24, 2.45) is 5.92 Å². The van der Waals surface area contributed by atoms with Crippen LogP contribution in [0.25, 0.3) is 0 Å². The second-order valence-corrected chi connectivity index (χ2v) is 4.69. The van der Waals surface area contributed by atoms with Crippen molar-refractivity contribution in [3.63, 3.8) is 0 Å². The second kappa shape index (κ2) is 4.42. The first kappa shape index (κ1) is 11.4. The average molecular weight is 242 g/mol. The van der Waals surface area contributed by atoms with E-state index in [9.17, 15) is 9.18 Å². The smallest absolute Gasteiger partial charge is 0.256 e. The van der Waals surface area contributed by atoms with Crippen molar-refractivity contribution in [1.29, 1.82) is 0 Å². The molecule has 0 atom stereocenters. The van der Waals surface area contributed by atoms with Crippen molar-refractivity contribution in [2.45, 2.75) is 12.8 Å². The maximum Gasteiger partial charge on any atom is 0.256 e. The lowest BCUT2D eigenvalue weighted by Gasteiger charge is -2.17. The van der Waals surface area contributed by atoms with Crippen LogP contribution in [0, 0.1) is 11.7 Å². The third-order valence-corrected chi connectivity index (χ3v) is 2.97. The lowest BCUT2D eigenvalue weighted by Crippen LogP contribution is -2.29. The maximum absolute atomic E-state index is 13.4. The van der Waals surface area contributed by atoms with E-state index >= 15 is 0 Å². The number of hydrogen-bond donors (Lipinski definition) is 0. The molecule has 86 valence electrons. The number of halogens is 2. The van der Waals surface area contributed by atoms with Crippen LogP contribution in [0.15, 0.2) is 18.2 Å². The Morgan fingerprint density at radius 1 is 1.56 bits per heavy atom. The molecule has 1 aliphatic rings. The van der Waals surface area contributed by atoms with E-state index in [-0.39, 0.29) is 11.5 Å². The zero-order valence-corrected chi connectivity index (χ0v) is 9.80. The summed E-state index contributed by atoms with van der Waals surface area (Å²) < 4.78 is 13.4. The summed E-state index contributed by atoms with van der Waals surface area (Å²) in [4.78, 5) is 13.5. The predicted octanol–water partition coefficient (Wildman–Crippen LogP) is 2.96. The zero-order chi connectivity index (χ0) is 11.7. The van der Waals surface area contributed by atoms with E-state index in [1.54, 1.807) is 11.9 Å². The highest BCUT2D eigenvalue weighted by Gasteiger charge is 2.26. The molecule has 0 aliphatic heterocycles. The van der Waals surface area contributed by atoms with E-state index in [2.05, 4.69) is 0 Å². The van der Waals surface area contributed by atoms with Crippen molar-refractivity contribution >= 4 is 17.5 Å². The third kappa shape index (κ3) is 2.53. The van der Waals surface area contributed by atoms with Crippen molar-refractivity contribution in [3.8, 4) is 0 Å². The minimum absolute atomic E-state index is 0.0515. The van der Waals surface area contributed by atoms with E-state index < -0.39 is 5.82 Å². The zero-order valence-electron chi connectivity index (χ0n) is 9.04. The molecule has 4 heteroatoms. The summed E-state index contributed by atoms with van der Waals surface area (Å²) in [5.41, 5.74) is 0.0515. The van der Waals surface area contributed by atoms with Gasteiger partial charge in [0.1, 0.15) is 5.82 Å². The van der Waals surface area contributed by atoms with Crippen LogP contribution in [-0.2, 0) is 0 Å². The van der Waals surface area contributed by atoms with Gasteiger partial charge < -0.3 is 4.90 Å². The molecule has 2 rings (SSSR count). The Hall–Kier alpha value is -1.09. The first-order chi connectivity index (χ1) is 7.58. The molecule has 0 spiro atoms. The Morgan fingerprint density at radius 3 is 2.88 bits per heavy atom. The van der Waals surface area contributed by atoms with Crippen molar-refractivity contribution in [2.75, 3.05) is 13.6 Å². The summed E-state index contributed by atoms with van der Waals surface area (Å²) in [6.07, 6.45) is 2.32. The third-order valence-electron chi connectivity index (χ3n) is 2.73. The van der Waals surface area contributed by atoms with Crippen LogP contribution in [-0.4, -0.2) is 24.4 Å². The molecule has 1 aromatic carbocycles. The van der Waals surface area contributed by atoms with Crippen LogP contribution in [0.1, 0.15) is 23.2 Å². The Labute approximate surface area is 99.0 Å². The van der Waals surface area contributed by atoms with Gasteiger partial charge in [-0.2, -0.15) is 0 Å². The Balaban J connectivity index is 2.14. The lowest BCUT2D eigenvalue weighted by molar-refractivity contribution is 0.0784. The van der Waals surface area contributed by atoms with Gasteiger partial charge in [-0.15, -0.1) is 0 Å². The summed E-state index contributed by atoms with van der Waals surface area (Å²) in [6, 6.07) is 4.04. The van der Waals surface area contributed by atoms with Crippen LogP contribution in [0.3, 0.4) is 0 Å². The van der Waals surface area contributed by atoms with E-state index in [1.165, 1.54) is 18.2 Å². The van der Waals surface area contributed by atoms with Gasteiger partial charge >= 0.3 is 0 Å². The molecular formula is C12H13ClFNO. The van der Waals surface area contributed by atoms with Gasteiger partial charge in [-0.05, 0) is 37.0 Å². The van der Waals surface area contributed by atoms with Gasteiger partial charge in [0.05, 0.1) is 5.56 Å². The van der Waals surface area contributed by atoms with Crippen molar-refractivity contribution < 1.29 is 9.18 Å². The summed E-state index contributed by atoms with van der Waals surface area (Å²) >= 11 is 5.75. The molecule has 1 fully saturated rings. The molecule has 0 aromatic heterocycles. The first-order valence-electron chi connectivity index (χ1n) is 5.28. The summed E-state index contributed by atoms with van der Waals surface area (Å²) in [6.45, 7) is 0.699. The molecule has 2 nitrogen and oxygen atoms in total. The van der Waals surface area contributed by atoms with Crippen molar-refractivity contribution in [3.05, 3.63) is 34.6 Å². The van der Waals surface area contributed by atoms with Gasteiger partial charge in [0, 0.05) is 18.6 Å². The van der Waals surface area contributed by atoms with Crippen LogP contribution >= 0.6 is 11.6 Å². The number of carbonyl (C=O) groups excluding carboxylic acids is 1. The highest BCUT2D eigenvalue weighted by molar-refractivity contribution is 6.30. The monoisotopic (exact) mass is 241 g/mol. The van der Waals surface area contributed by atoms with Gasteiger partial charge in [-0.1, -0.05) is 11.6 Å². The van der Waals surface area contributed by atoms with E-state index in [1.807, 2.05) is 0 Å². The number of benzene rings is 1. The minimum atomic E-state index is -0.517. The molecule has 1 saturated carbocycles. The van der Waals surface area contributed by atoms with Crippen LogP contribution < -0.4 is 0 Å². The van der Waals surface area contributed by atoms with E-state index in [0.29, 0.717) is 17.5 Å². The molecule has 1 aliphatic carbocycles. The van der Waals surface area contributed by atoms with Crippen molar-refractivity contribution in [1.82, 2.24) is 4.90 Å². The van der Waals surface area contributed by atoms with Gasteiger partial charge in [-0.25, -0.2) is 4.39 Å². The lowest BCUT2D eigenvalue weighted by atomic mass is 10.2. The number of amides is 1. The average Bonchev–Trinajstić information content (AvgIpc) is 3.04. The molecule has 1 aromatic rings. The fraction of sp³-hybridized carbons (Fsp3) is 0.417. The molecule has 0 unspecified atom stereocenters. The standard InChI is InChI=1S/C12H13ClFNO/c1-15(7-8-2-3-8)12(16)10-6-9(13)4-5-11(10)14/h4-6,8H,2-3,7H2,1H3. The highest BCUT2D eigenvalue weighted by atomic mass is 35.5. The number of carbonyl (C=O) groups is 1. The second-order valence-electron chi connectivity index (χ2n) is 4.25. The maximum atomic E-state index is 13.4. The fourth-order valence-electron chi connectivity index (χ4n) is 1.64. The highest BCUT2D eigenvalue weighted by Crippen LogP contribution is 2.29. The fourth-order valence-corrected chi connectivity index (χ4v) is 1.81. The van der Waals surface area contributed by atoms with Gasteiger partial charge in [-0.3, -0.25) is 4.79 Å². The largest absolute Gasteiger partial charge is 0.341 e. The number of rotatable bonds is 3. The summed E-state index contributed by atoms with van der Waals surface area (Å²) in [5, 5.41) is 0.379. The Bertz CT molecular complexity index is 417. The molecule has 0 radical (unpaired) electrons. The van der Waals surface area contributed by atoms with Gasteiger partial charge in [0.15, 0.2) is 0 Å². The topological polar surface area (TPSA) is 20.3 Å². The molecule has 1 amide bonds. The molecule has 16 heavy (non-hydrogen) atoms. The summed E-state index contributed by atoms with van der Waals surface area (Å²) in [7, 11) is 1.70. The molecule has 0 saturated heterocycles. The normalized spacial score (nSPS) is 14.9. The quantitative estimate of drug-likeness (QED) is 0.797.